The molecule has 0 aliphatic heterocycles. The maximum atomic E-state index is 13.1. The van der Waals surface area contributed by atoms with Crippen LogP contribution in [0.25, 0.3) is 0 Å². The Balaban J connectivity index is 2.21. The van der Waals surface area contributed by atoms with E-state index < -0.39 is 6.04 Å². The maximum absolute atomic E-state index is 13.1. The molecule has 168 valence electrons. The molecule has 0 bridgehead atoms. The number of hydrogen-bond acceptors (Lipinski definition) is 3. The number of carbonyl (C=O) groups is 2. The normalized spacial score (nSPS) is 11.9. The van der Waals surface area contributed by atoms with E-state index in [0.717, 1.165) is 16.5 Å². The van der Waals surface area contributed by atoms with Gasteiger partial charge >= 0.3 is 0 Å². The molecule has 0 radical (unpaired) electrons. The lowest BCUT2D eigenvalue weighted by atomic mass is 10.1. The summed E-state index contributed by atoms with van der Waals surface area (Å²) in [4.78, 5) is 27.2. The first-order chi connectivity index (χ1) is 14.6. The summed E-state index contributed by atoms with van der Waals surface area (Å²) < 4.78 is 6.53. The molecule has 0 saturated carbocycles. The fraction of sp³-hybridized carbons (Fsp3) is 0.391. The van der Waals surface area contributed by atoms with Crippen molar-refractivity contribution < 1.29 is 14.3 Å². The average molecular weight is 530 g/mol. The summed E-state index contributed by atoms with van der Waals surface area (Å²) in [6.45, 7) is 7.43. The van der Waals surface area contributed by atoms with Crippen LogP contribution in [0, 0.1) is 0 Å². The highest BCUT2D eigenvalue weighted by atomic mass is 79.9. The molecule has 2 aromatic rings. The van der Waals surface area contributed by atoms with E-state index in [9.17, 15) is 9.59 Å². The number of benzene rings is 2. The van der Waals surface area contributed by atoms with Crippen molar-refractivity contribution in [3.05, 3.63) is 62.0 Å². The van der Waals surface area contributed by atoms with Crippen molar-refractivity contribution in [1.29, 1.82) is 0 Å². The molecule has 0 saturated heterocycles. The molecular weight excluding hydrogens is 503 g/mol. The standard InChI is InChI=1S/C23H27BrCl2N2O3/c1-5-16-6-9-21(19(24)10-16)31-13-22(29)28(15(4)23(30)27-14(2)3)12-17-7-8-18(25)11-20(17)26/h6-11,14-15H,5,12-13H2,1-4H3,(H,27,30)/t15-/m1/s1. The molecule has 2 aromatic carbocycles. The molecule has 0 unspecified atom stereocenters. The second-order valence-corrected chi connectivity index (χ2v) is 9.20. The minimum Gasteiger partial charge on any atom is -0.483 e. The fourth-order valence-corrected chi connectivity index (χ4v) is 3.93. The van der Waals surface area contributed by atoms with Crippen LogP contribution in [0.5, 0.6) is 5.75 Å². The van der Waals surface area contributed by atoms with Gasteiger partial charge < -0.3 is 15.0 Å². The topological polar surface area (TPSA) is 58.6 Å². The molecule has 0 fully saturated rings. The van der Waals surface area contributed by atoms with E-state index >= 15 is 0 Å². The Morgan fingerprint density at radius 1 is 1.13 bits per heavy atom. The molecule has 5 nitrogen and oxygen atoms in total. The van der Waals surface area contributed by atoms with Crippen molar-refractivity contribution in [1.82, 2.24) is 10.2 Å². The van der Waals surface area contributed by atoms with Gasteiger partial charge in [0.05, 0.1) is 4.47 Å². The Morgan fingerprint density at radius 2 is 1.84 bits per heavy atom. The van der Waals surface area contributed by atoms with Crippen LogP contribution in [0.2, 0.25) is 10.0 Å². The lowest BCUT2D eigenvalue weighted by Gasteiger charge is -2.29. The number of amides is 2. The Hall–Kier alpha value is -1.76. The third-order valence-corrected chi connectivity index (χ3v) is 5.92. The van der Waals surface area contributed by atoms with Gasteiger partial charge in [-0.1, -0.05) is 42.3 Å². The zero-order chi connectivity index (χ0) is 23.1. The van der Waals surface area contributed by atoms with Crippen LogP contribution in [0.15, 0.2) is 40.9 Å². The van der Waals surface area contributed by atoms with E-state index in [-0.39, 0.29) is 31.0 Å². The van der Waals surface area contributed by atoms with E-state index in [1.807, 2.05) is 32.0 Å². The van der Waals surface area contributed by atoms with E-state index in [0.29, 0.717) is 21.4 Å². The van der Waals surface area contributed by atoms with E-state index in [1.165, 1.54) is 4.90 Å². The van der Waals surface area contributed by atoms with Crippen LogP contribution < -0.4 is 10.1 Å². The van der Waals surface area contributed by atoms with Gasteiger partial charge in [0, 0.05) is 22.6 Å². The molecule has 0 spiro atoms. The van der Waals surface area contributed by atoms with Crippen LogP contribution in [0.1, 0.15) is 38.8 Å². The van der Waals surface area contributed by atoms with Gasteiger partial charge in [-0.15, -0.1) is 0 Å². The summed E-state index contributed by atoms with van der Waals surface area (Å²) in [5, 5.41) is 3.78. The number of carbonyl (C=O) groups excluding carboxylic acids is 2. The van der Waals surface area contributed by atoms with Gasteiger partial charge in [-0.3, -0.25) is 9.59 Å². The number of halogens is 3. The molecule has 2 amide bonds. The van der Waals surface area contributed by atoms with Crippen molar-refractivity contribution >= 4 is 50.9 Å². The molecule has 1 atom stereocenters. The predicted molar refractivity (Wildman–Crippen MR) is 129 cm³/mol. The van der Waals surface area contributed by atoms with Gasteiger partial charge in [-0.2, -0.15) is 0 Å². The number of ether oxygens (including phenoxy) is 1. The van der Waals surface area contributed by atoms with E-state index in [2.05, 4.69) is 28.2 Å². The number of nitrogens with one attached hydrogen (secondary N) is 1. The highest BCUT2D eigenvalue weighted by Gasteiger charge is 2.27. The quantitative estimate of drug-likeness (QED) is 0.457. The Bertz CT molecular complexity index is 937. The zero-order valence-electron chi connectivity index (χ0n) is 18.0. The summed E-state index contributed by atoms with van der Waals surface area (Å²) in [7, 11) is 0. The van der Waals surface area contributed by atoms with Gasteiger partial charge in [0.25, 0.3) is 5.91 Å². The zero-order valence-corrected chi connectivity index (χ0v) is 21.1. The number of rotatable bonds is 9. The van der Waals surface area contributed by atoms with Gasteiger partial charge in [0.15, 0.2) is 6.61 Å². The molecule has 0 heterocycles. The van der Waals surface area contributed by atoms with Crippen LogP contribution in [0.4, 0.5) is 0 Å². The van der Waals surface area contributed by atoms with E-state index in [1.54, 1.807) is 25.1 Å². The van der Waals surface area contributed by atoms with Crippen molar-refractivity contribution in [3.63, 3.8) is 0 Å². The highest BCUT2D eigenvalue weighted by molar-refractivity contribution is 9.10. The second kappa shape index (κ2) is 11.7. The number of hydrogen-bond donors (Lipinski definition) is 1. The summed E-state index contributed by atoms with van der Waals surface area (Å²) >= 11 is 15.8. The monoisotopic (exact) mass is 528 g/mol. The van der Waals surface area contributed by atoms with Crippen LogP contribution in [-0.2, 0) is 22.6 Å². The molecule has 8 heteroatoms. The third kappa shape index (κ3) is 7.41. The van der Waals surface area contributed by atoms with Crippen LogP contribution in [0.3, 0.4) is 0 Å². The summed E-state index contributed by atoms with van der Waals surface area (Å²) in [6.07, 6.45) is 0.899. The van der Waals surface area contributed by atoms with Crippen molar-refractivity contribution in [2.75, 3.05) is 6.61 Å². The molecule has 31 heavy (non-hydrogen) atoms. The smallest absolute Gasteiger partial charge is 0.261 e. The largest absolute Gasteiger partial charge is 0.483 e. The first kappa shape index (κ1) is 25.5. The van der Waals surface area contributed by atoms with Gasteiger partial charge in [0.1, 0.15) is 11.8 Å². The lowest BCUT2D eigenvalue weighted by Crippen LogP contribution is -2.50. The molecular formula is C23H27BrCl2N2O3. The van der Waals surface area contributed by atoms with Crippen LogP contribution >= 0.6 is 39.1 Å². The number of aryl methyl sites for hydroxylation is 1. The predicted octanol–water partition coefficient (Wildman–Crippen LogP) is 5.64. The summed E-state index contributed by atoms with van der Waals surface area (Å²) in [5.41, 5.74) is 1.85. The lowest BCUT2D eigenvalue weighted by molar-refractivity contribution is -0.142. The Labute approximate surface area is 202 Å². The minimum absolute atomic E-state index is 0.0460. The van der Waals surface area contributed by atoms with E-state index in [4.69, 9.17) is 27.9 Å². The Morgan fingerprint density at radius 3 is 2.42 bits per heavy atom. The first-order valence-electron chi connectivity index (χ1n) is 10.1. The van der Waals surface area contributed by atoms with Gasteiger partial charge in [-0.25, -0.2) is 0 Å². The summed E-state index contributed by atoms with van der Waals surface area (Å²) in [6, 6.07) is 10.0. The maximum Gasteiger partial charge on any atom is 0.261 e. The van der Waals surface area contributed by atoms with Crippen LogP contribution in [-0.4, -0.2) is 35.4 Å². The first-order valence-corrected chi connectivity index (χ1v) is 11.6. The van der Waals surface area contributed by atoms with Gasteiger partial charge in [0.2, 0.25) is 5.91 Å². The van der Waals surface area contributed by atoms with Crippen molar-refractivity contribution in [3.8, 4) is 5.75 Å². The third-order valence-electron chi connectivity index (χ3n) is 4.71. The van der Waals surface area contributed by atoms with Crippen molar-refractivity contribution in [2.24, 2.45) is 0 Å². The molecule has 0 aliphatic carbocycles. The number of nitrogens with zero attached hydrogens (tertiary/aromatic N) is 1. The summed E-state index contributed by atoms with van der Waals surface area (Å²) in [5.74, 6) is -0.0138. The van der Waals surface area contributed by atoms with Crippen molar-refractivity contribution in [2.45, 2.75) is 52.7 Å². The fourth-order valence-electron chi connectivity index (χ4n) is 2.92. The SMILES string of the molecule is CCc1ccc(OCC(=O)N(Cc2ccc(Cl)cc2Cl)[C@H](C)C(=O)NC(C)C)c(Br)c1. The van der Waals surface area contributed by atoms with Gasteiger partial charge in [-0.05, 0) is 78.5 Å². The highest BCUT2D eigenvalue weighted by Crippen LogP contribution is 2.27. The Kier molecular flexibility index (Phi) is 9.66. The molecule has 1 N–H and O–H groups in total. The second-order valence-electron chi connectivity index (χ2n) is 7.50. The average Bonchev–Trinajstić information content (AvgIpc) is 2.71. The molecule has 0 aliphatic rings. The minimum atomic E-state index is -0.712. The molecule has 2 rings (SSSR count). The molecule has 0 aromatic heterocycles.